The minimum Gasteiger partial charge on any atom is -0.259 e. The maximum Gasteiger partial charge on any atom is 0.0991 e. The zero-order valence-electron chi connectivity index (χ0n) is 10.1. The van der Waals surface area contributed by atoms with Crippen molar-refractivity contribution < 1.29 is 4.21 Å². The zero-order valence-corrected chi connectivity index (χ0v) is 10.9. The number of hydrogen-bond donors (Lipinski definition) is 0. The van der Waals surface area contributed by atoms with E-state index in [1.54, 1.807) is 0 Å². The van der Waals surface area contributed by atoms with E-state index in [1.165, 1.54) is 12.8 Å². The number of hydrogen-bond acceptors (Lipinski definition) is 2. The van der Waals surface area contributed by atoms with E-state index < -0.39 is 10.8 Å². The standard InChI is InChI=1S/C14H17NOS/c1-11-8-12(9-15)6-7-13(11)10-17(16)14-4-2-3-5-14/h6-8,14H,2-5,10H2,1H3. The Bertz CT molecular complexity index is 470. The highest BCUT2D eigenvalue weighted by atomic mass is 32.2. The van der Waals surface area contributed by atoms with E-state index in [9.17, 15) is 4.21 Å². The van der Waals surface area contributed by atoms with Gasteiger partial charge in [0.05, 0.1) is 11.6 Å². The summed E-state index contributed by atoms with van der Waals surface area (Å²) < 4.78 is 12.2. The van der Waals surface area contributed by atoms with Crippen molar-refractivity contribution in [2.24, 2.45) is 0 Å². The van der Waals surface area contributed by atoms with Gasteiger partial charge >= 0.3 is 0 Å². The molecular weight excluding hydrogens is 230 g/mol. The summed E-state index contributed by atoms with van der Waals surface area (Å²) >= 11 is 0. The van der Waals surface area contributed by atoms with Gasteiger partial charge in [0.25, 0.3) is 0 Å². The van der Waals surface area contributed by atoms with Crippen molar-refractivity contribution in [3.05, 3.63) is 34.9 Å². The molecule has 2 rings (SSSR count). The highest BCUT2D eigenvalue weighted by Gasteiger charge is 2.21. The Morgan fingerprint density at radius 1 is 1.41 bits per heavy atom. The van der Waals surface area contributed by atoms with Crippen LogP contribution in [-0.2, 0) is 16.6 Å². The maximum absolute atomic E-state index is 12.2. The average Bonchev–Trinajstić information content (AvgIpc) is 2.85. The van der Waals surface area contributed by atoms with E-state index in [2.05, 4.69) is 6.07 Å². The molecule has 1 saturated carbocycles. The van der Waals surface area contributed by atoms with Crippen molar-refractivity contribution in [2.75, 3.05) is 0 Å². The molecule has 0 spiro atoms. The van der Waals surface area contributed by atoms with E-state index in [-0.39, 0.29) is 0 Å². The molecule has 0 aromatic heterocycles. The number of nitrogens with zero attached hydrogens (tertiary/aromatic N) is 1. The van der Waals surface area contributed by atoms with E-state index in [0.717, 1.165) is 24.0 Å². The first kappa shape index (κ1) is 12.3. The first-order valence-electron chi connectivity index (χ1n) is 6.07. The second kappa shape index (κ2) is 5.46. The van der Waals surface area contributed by atoms with Gasteiger partial charge in [-0.05, 0) is 43.0 Å². The number of nitriles is 1. The molecule has 2 nitrogen and oxygen atoms in total. The summed E-state index contributed by atoms with van der Waals surface area (Å²) in [6.07, 6.45) is 4.68. The fraction of sp³-hybridized carbons (Fsp3) is 0.500. The Kier molecular flexibility index (Phi) is 3.96. The molecule has 0 amide bonds. The molecule has 90 valence electrons. The number of benzene rings is 1. The summed E-state index contributed by atoms with van der Waals surface area (Å²) in [4.78, 5) is 0. The maximum atomic E-state index is 12.2. The Hall–Kier alpha value is -1.14. The largest absolute Gasteiger partial charge is 0.259 e. The normalized spacial score (nSPS) is 17.9. The van der Waals surface area contributed by atoms with E-state index >= 15 is 0 Å². The summed E-state index contributed by atoms with van der Waals surface area (Å²) in [5, 5.41) is 9.19. The summed E-state index contributed by atoms with van der Waals surface area (Å²) in [7, 11) is -0.748. The van der Waals surface area contributed by atoms with Crippen molar-refractivity contribution >= 4 is 10.8 Å². The molecule has 0 radical (unpaired) electrons. The van der Waals surface area contributed by atoms with Crippen LogP contribution >= 0.6 is 0 Å². The Labute approximate surface area is 105 Å². The van der Waals surface area contributed by atoms with Crippen LogP contribution < -0.4 is 0 Å². The van der Waals surface area contributed by atoms with Crippen LogP contribution in [0.2, 0.25) is 0 Å². The third-order valence-corrected chi connectivity index (χ3v) is 5.25. The molecule has 1 aromatic carbocycles. The van der Waals surface area contributed by atoms with Crippen molar-refractivity contribution in [1.29, 1.82) is 5.26 Å². The van der Waals surface area contributed by atoms with Gasteiger partial charge in [-0.3, -0.25) is 4.21 Å². The summed E-state index contributed by atoms with van der Waals surface area (Å²) in [5.41, 5.74) is 2.88. The van der Waals surface area contributed by atoms with Gasteiger partial charge in [0, 0.05) is 21.8 Å². The quantitative estimate of drug-likeness (QED) is 0.823. The molecule has 0 N–H and O–H groups in total. The lowest BCUT2D eigenvalue weighted by Crippen LogP contribution is -2.12. The van der Waals surface area contributed by atoms with Crippen LogP contribution in [0.1, 0.15) is 42.4 Å². The molecule has 1 aromatic rings. The first-order valence-corrected chi connectivity index (χ1v) is 7.45. The topological polar surface area (TPSA) is 40.9 Å². The first-order chi connectivity index (χ1) is 8.20. The summed E-state index contributed by atoms with van der Waals surface area (Å²) in [6, 6.07) is 7.76. The number of rotatable bonds is 3. The predicted molar refractivity (Wildman–Crippen MR) is 70.0 cm³/mol. The Morgan fingerprint density at radius 2 is 2.12 bits per heavy atom. The molecule has 1 aliphatic carbocycles. The lowest BCUT2D eigenvalue weighted by Gasteiger charge is -2.11. The lowest BCUT2D eigenvalue weighted by molar-refractivity contribution is 0.668. The fourth-order valence-corrected chi connectivity index (χ4v) is 4.07. The smallest absolute Gasteiger partial charge is 0.0991 e. The molecule has 17 heavy (non-hydrogen) atoms. The van der Waals surface area contributed by atoms with Gasteiger partial charge in [0.1, 0.15) is 0 Å². The summed E-state index contributed by atoms with van der Waals surface area (Å²) in [5.74, 6) is 0.641. The molecule has 1 fully saturated rings. The second-order valence-corrected chi connectivity index (χ2v) is 6.40. The van der Waals surface area contributed by atoms with Crippen molar-refractivity contribution in [3.63, 3.8) is 0 Å². The SMILES string of the molecule is Cc1cc(C#N)ccc1CS(=O)C1CCCC1. The molecule has 3 heteroatoms. The van der Waals surface area contributed by atoms with Gasteiger partial charge in [-0.25, -0.2) is 0 Å². The van der Waals surface area contributed by atoms with E-state index in [0.29, 0.717) is 16.6 Å². The molecule has 0 saturated heterocycles. The fourth-order valence-electron chi connectivity index (χ4n) is 2.35. The highest BCUT2D eigenvalue weighted by Crippen LogP contribution is 2.25. The van der Waals surface area contributed by atoms with E-state index in [1.807, 2.05) is 25.1 Å². The molecule has 0 aliphatic heterocycles. The van der Waals surface area contributed by atoms with E-state index in [4.69, 9.17) is 5.26 Å². The van der Waals surface area contributed by atoms with Crippen LogP contribution in [0.3, 0.4) is 0 Å². The zero-order chi connectivity index (χ0) is 12.3. The van der Waals surface area contributed by atoms with Crippen LogP contribution in [0, 0.1) is 18.3 Å². The van der Waals surface area contributed by atoms with Gasteiger partial charge in [0.2, 0.25) is 0 Å². The van der Waals surface area contributed by atoms with Gasteiger partial charge in [-0.2, -0.15) is 5.26 Å². The van der Waals surface area contributed by atoms with Crippen molar-refractivity contribution in [3.8, 4) is 6.07 Å². The molecule has 0 heterocycles. The number of aryl methyl sites for hydroxylation is 1. The van der Waals surface area contributed by atoms with Crippen LogP contribution in [0.25, 0.3) is 0 Å². The van der Waals surface area contributed by atoms with Gasteiger partial charge in [0.15, 0.2) is 0 Å². The average molecular weight is 247 g/mol. The van der Waals surface area contributed by atoms with Crippen LogP contribution in [0.5, 0.6) is 0 Å². The molecule has 1 unspecified atom stereocenters. The van der Waals surface area contributed by atoms with Crippen LogP contribution in [-0.4, -0.2) is 9.46 Å². The van der Waals surface area contributed by atoms with Crippen LogP contribution in [0.15, 0.2) is 18.2 Å². The monoisotopic (exact) mass is 247 g/mol. The third kappa shape index (κ3) is 2.95. The molecule has 1 aliphatic rings. The predicted octanol–water partition coefficient (Wildman–Crippen LogP) is 3.06. The molecule has 1 atom stereocenters. The molecular formula is C14H17NOS. The highest BCUT2D eigenvalue weighted by molar-refractivity contribution is 7.84. The van der Waals surface area contributed by atoms with Crippen molar-refractivity contribution in [1.82, 2.24) is 0 Å². The van der Waals surface area contributed by atoms with Gasteiger partial charge in [-0.1, -0.05) is 18.9 Å². The minimum absolute atomic E-state index is 0.394. The lowest BCUT2D eigenvalue weighted by atomic mass is 10.1. The Morgan fingerprint density at radius 3 is 2.71 bits per heavy atom. The van der Waals surface area contributed by atoms with Gasteiger partial charge in [-0.15, -0.1) is 0 Å². The second-order valence-electron chi connectivity index (χ2n) is 4.68. The van der Waals surface area contributed by atoms with Gasteiger partial charge < -0.3 is 0 Å². The van der Waals surface area contributed by atoms with Crippen LogP contribution in [0.4, 0.5) is 0 Å². The van der Waals surface area contributed by atoms with Crippen molar-refractivity contribution in [2.45, 2.75) is 43.6 Å². The third-order valence-electron chi connectivity index (χ3n) is 3.44. The Balaban J connectivity index is 2.08. The minimum atomic E-state index is -0.748. The summed E-state index contributed by atoms with van der Waals surface area (Å²) in [6.45, 7) is 1.99. The molecule has 0 bridgehead atoms.